The van der Waals surface area contributed by atoms with Gasteiger partial charge in [0.1, 0.15) is 21.3 Å². The molecule has 5 aromatic heterocycles. The summed E-state index contributed by atoms with van der Waals surface area (Å²) in [6, 6.07) is 1.73. The third-order valence-corrected chi connectivity index (χ3v) is 8.23. The molecule has 6 rings (SSSR count). The van der Waals surface area contributed by atoms with Crippen molar-refractivity contribution in [1.29, 1.82) is 0 Å². The predicted molar refractivity (Wildman–Crippen MR) is 143 cm³/mol. The van der Waals surface area contributed by atoms with Gasteiger partial charge in [0, 0.05) is 23.5 Å². The van der Waals surface area contributed by atoms with Gasteiger partial charge in [-0.2, -0.15) is 10.2 Å². The van der Waals surface area contributed by atoms with Crippen molar-refractivity contribution in [3.05, 3.63) is 41.2 Å². The number of amides is 1. The highest BCUT2D eigenvalue weighted by atomic mass is 32.1. The topological polar surface area (TPSA) is 133 Å². The summed E-state index contributed by atoms with van der Waals surface area (Å²) >= 11 is 1.44. The van der Waals surface area contributed by atoms with Gasteiger partial charge in [-0.1, -0.05) is 6.42 Å². The lowest BCUT2D eigenvalue weighted by molar-refractivity contribution is -0.119. The Bertz CT molecular complexity index is 1690. The van der Waals surface area contributed by atoms with Crippen molar-refractivity contribution in [1.82, 2.24) is 34.3 Å². The fraction of sp³-hybridized carbons (Fsp3) is 0.400. The fourth-order valence-corrected chi connectivity index (χ4v) is 6.12. The zero-order valence-electron chi connectivity index (χ0n) is 20.7. The molecule has 0 radical (unpaired) electrons. The first-order valence-electron chi connectivity index (χ1n) is 12.3. The van der Waals surface area contributed by atoms with Crippen LogP contribution < -0.4 is 10.9 Å². The Hall–Kier alpha value is -3.61. The van der Waals surface area contributed by atoms with Crippen LogP contribution in [-0.4, -0.2) is 70.5 Å². The number of hydrogen-bond acceptors (Lipinski definition) is 8. The molecule has 0 atom stereocenters. The average molecular weight is 521 g/mol. The normalized spacial score (nSPS) is 16.2. The highest BCUT2D eigenvalue weighted by molar-refractivity contribution is 7.21. The number of pyridine rings is 2. The number of aliphatic hydroxyl groups is 1. The molecule has 0 aliphatic carbocycles. The van der Waals surface area contributed by atoms with E-state index in [9.17, 15) is 9.59 Å². The molecular formula is C25H28N8O3S. The van der Waals surface area contributed by atoms with Gasteiger partial charge in [-0.05, 0) is 39.3 Å². The van der Waals surface area contributed by atoms with Crippen LogP contribution in [0.3, 0.4) is 0 Å². The third-order valence-electron chi connectivity index (χ3n) is 7.09. The van der Waals surface area contributed by atoms with Gasteiger partial charge in [0.2, 0.25) is 5.91 Å². The number of thiazole rings is 1. The van der Waals surface area contributed by atoms with Crippen LogP contribution in [0.15, 0.2) is 35.6 Å². The van der Waals surface area contributed by atoms with E-state index in [1.54, 1.807) is 27.7 Å². The van der Waals surface area contributed by atoms with E-state index >= 15 is 0 Å². The second-order valence-electron chi connectivity index (χ2n) is 10.1. The number of carbonyl (C=O) groups is 1. The first-order valence-corrected chi connectivity index (χ1v) is 13.2. The van der Waals surface area contributed by atoms with Crippen LogP contribution in [0.2, 0.25) is 0 Å². The van der Waals surface area contributed by atoms with Gasteiger partial charge >= 0.3 is 0 Å². The lowest BCUT2D eigenvalue weighted by Crippen LogP contribution is -2.50. The van der Waals surface area contributed by atoms with E-state index in [1.807, 2.05) is 12.4 Å². The van der Waals surface area contributed by atoms with Crippen molar-refractivity contribution in [2.45, 2.75) is 45.2 Å². The molecule has 1 aliphatic heterocycles. The summed E-state index contributed by atoms with van der Waals surface area (Å²) in [7, 11) is 0. The molecule has 37 heavy (non-hydrogen) atoms. The van der Waals surface area contributed by atoms with E-state index in [-0.39, 0.29) is 23.6 Å². The number of likely N-dealkylation sites (tertiary alicyclic amines) is 1. The number of hydrogen-bond donors (Lipinski definition) is 3. The summed E-state index contributed by atoms with van der Waals surface area (Å²) in [5.74, 6) is -0.100. The number of piperidine rings is 1. The molecule has 6 heterocycles. The van der Waals surface area contributed by atoms with E-state index < -0.39 is 0 Å². The number of H-pyrrole nitrogens is 1. The maximum absolute atomic E-state index is 13.1. The van der Waals surface area contributed by atoms with Crippen LogP contribution in [0.1, 0.15) is 33.1 Å². The molecule has 0 bridgehead atoms. The maximum atomic E-state index is 13.1. The molecule has 1 amide bonds. The maximum Gasteiger partial charge on any atom is 0.261 e. The van der Waals surface area contributed by atoms with E-state index in [1.165, 1.54) is 17.8 Å². The summed E-state index contributed by atoms with van der Waals surface area (Å²) in [6.45, 7) is 6.01. The van der Waals surface area contributed by atoms with Crippen molar-refractivity contribution in [2.75, 3.05) is 25.0 Å². The molecule has 0 unspecified atom stereocenters. The minimum Gasteiger partial charge on any atom is -0.394 e. The van der Waals surface area contributed by atoms with Crippen molar-refractivity contribution < 1.29 is 9.90 Å². The molecule has 1 saturated heterocycles. The zero-order chi connectivity index (χ0) is 25.7. The minimum atomic E-state index is -0.262. The third kappa shape index (κ3) is 4.30. The zero-order valence-corrected chi connectivity index (χ0v) is 21.5. The average Bonchev–Trinajstić information content (AvgIpc) is 3.55. The van der Waals surface area contributed by atoms with Crippen molar-refractivity contribution in [3.8, 4) is 10.4 Å². The molecule has 1 aliphatic rings. The number of anilines is 1. The number of nitrogens with one attached hydrogen (secondary N) is 2. The molecule has 0 spiro atoms. The van der Waals surface area contributed by atoms with Gasteiger partial charge in [-0.25, -0.2) is 4.52 Å². The Labute approximate surface area is 215 Å². The van der Waals surface area contributed by atoms with Crippen LogP contribution in [0.4, 0.5) is 5.69 Å². The fourth-order valence-electron chi connectivity index (χ4n) is 5.06. The lowest BCUT2D eigenvalue weighted by atomic mass is 9.90. The Kier molecular flexibility index (Phi) is 5.81. The molecule has 12 heteroatoms. The number of fused-ring (bicyclic) bond motifs is 5. The molecule has 5 aromatic rings. The van der Waals surface area contributed by atoms with Gasteiger partial charge in [-0.3, -0.25) is 24.2 Å². The van der Waals surface area contributed by atoms with Crippen molar-refractivity contribution >= 4 is 49.7 Å². The van der Waals surface area contributed by atoms with Gasteiger partial charge < -0.3 is 15.4 Å². The lowest BCUT2D eigenvalue weighted by Gasteiger charge is -2.42. The van der Waals surface area contributed by atoms with Gasteiger partial charge in [-0.15, -0.1) is 11.3 Å². The standard InChI is InChI=1S/C25H28N8O3S/c1-25(2)5-3-4-6-31(25)14-19(35)28-16-9-17-21(26-11-16)22-20(23(36)29-17)24-33(30-22)13-18(37-24)15-10-27-32(12-15)7-8-34/h9-13,34H,3-8,14H2,1-2H3,(H,28,35)(H,29,36). The smallest absolute Gasteiger partial charge is 0.261 e. The van der Waals surface area contributed by atoms with Crippen LogP contribution in [-0.2, 0) is 11.3 Å². The first-order chi connectivity index (χ1) is 17.8. The molecule has 1 fully saturated rings. The van der Waals surface area contributed by atoms with Crippen LogP contribution >= 0.6 is 11.3 Å². The Balaban J connectivity index is 1.29. The summed E-state index contributed by atoms with van der Waals surface area (Å²) in [6.07, 6.45) is 10.4. The van der Waals surface area contributed by atoms with Gasteiger partial charge in [0.05, 0.1) is 48.2 Å². The molecule has 3 N–H and O–H groups in total. The highest BCUT2D eigenvalue weighted by Gasteiger charge is 2.30. The summed E-state index contributed by atoms with van der Waals surface area (Å²) in [5, 5.41) is 21.4. The molecule has 11 nitrogen and oxygen atoms in total. The number of aliphatic hydroxyl groups excluding tert-OH is 1. The van der Waals surface area contributed by atoms with Crippen LogP contribution in [0.25, 0.3) is 37.2 Å². The molecule has 0 saturated carbocycles. The Morgan fingerprint density at radius 3 is 2.92 bits per heavy atom. The largest absolute Gasteiger partial charge is 0.394 e. The molecule has 192 valence electrons. The predicted octanol–water partition coefficient (Wildman–Crippen LogP) is 2.84. The summed E-state index contributed by atoms with van der Waals surface area (Å²) in [4.78, 5) is 37.2. The minimum absolute atomic E-state index is 0.00180. The Morgan fingerprint density at radius 2 is 2.11 bits per heavy atom. The van der Waals surface area contributed by atoms with Crippen molar-refractivity contribution in [2.24, 2.45) is 0 Å². The summed E-state index contributed by atoms with van der Waals surface area (Å²) in [5.41, 5.74) is 2.76. The monoisotopic (exact) mass is 520 g/mol. The summed E-state index contributed by atoms with van der Waals surface area (Å²) < 4.78 is 3.37. The van der Waals surface area contributed by atoms with E-state index in [4.69, 9.17) is 5.11 Å². The second kappa shape index (κ2) is 9.05. The molecule has 0 aromatic carbocycles. The number of aromatic nitrogens is 6. The van der Waals surface area contributed by atoms with Gasteiger partial charge in [0.25, 0.3) is 5.56 Å². The van der Waals surface area contributed by atoms with Crippen LogP contribution in [0.5, 0.6) is 0 Å². The number of rotatable bonds is 6. The van der Waals surface area contributed by atoms with Crippen molar-refractivity contribution in [3.63, 3.8) is 0 Å². The number of nitrogens with zero attached hydrogens (tertiary/aromatic N) is 6. The van der Waals surface area contributed by atoms with E-state index in [0.29, 0.717) is 45.5 Å². The number of aromatic amines is 1. The first kappa shape index (κ1) is 23.8. The van der Waals surface area contributed by atoms with Gasteiger partial charge in [0.15, 0.2) is 0 Å². The van der Waals surface area contributed by atoms with E-state index in [2.05, 4.69) is 44.2 Å². The quantitative estimate of drug-likeness (QED) is 0.313. The SMILES string of the molecule is CC1(C)CCCCN1CC(=O)Nc1cnc2c(c1)[nH]c(=O)c1c2nn2cc(-c3cnn(CCO)c3)sc12. The van der Waals surface area contributed by atoms with E-state index in [0.717, 1.165) is 29.8 Å². The number of carbonyl (C=O) groups excluding carboxylic acids is 1. The molecular weight excluding hydrogens is 492 g/mol. The second-order valence-corrected chi connectivity index (χ2v) is 11.1. The highest BCUT2D eigenvalue weighted by Crippen LogP contribution is 2.33. The Morgan fingerprint density at radius 1 is 1.24 bits per heavy atom. The van der Waals surface area contributed by atoms with Crippen LogP contribution in [0, 0.1) is 0 Å².